The molecule has 0 aromatic carbocycles. The summed E-state index contributed by atoms with van der Waals surface area (Å²) < 4.78 is 0. The Balaban J connectivity index is 2.26. The second kappa shape index (κ2) is 6.87. The minimum absolute atomic E-state index is 0.681. The highest BCUT2D eigenvalue weighted by Gasteiger charge is 2.22. The summed E-state index contributed by atoms with van der Waals surface area (Å²) in [7, 11) is 4.39. The summed E-state index contributed by atoms with van der Waals surface area (Å²) in [4.78, 5) is 2.36. The van der Waals surface area contributed by atoms with Gasteiger partial charge >= 0.3 is 0 Å². The molecule has 1 fully saturated rings. The molecule has 0 aliphatic carbocycles. The van der Waals surface area contributed by atoms with E-state index in [2.05, 4.69) is 56.8 Å². The molecule has 0 amide bonds. The lowest BCUT2D eigenvalue weighted by molar-refractivity contribution is 0.241. The van der Waals surface area contributed by atoms with Gasteiger partial charge in [-0.15, -0.1) is 0 Å². The molecule has 0 saturated carbocycles. The van der Waals surface area contributed by atoms with E-state index in [9.17, 15) is 0 Å². The van der Waals surface area contributed by atoms with Crippen LogP contribution in [0.2, 0.25) is 0 Å². The van der Waals surface area contributed by atoms with Crippen LogP contribution in [0.5, 0.6) is 0 Å². The van der Waals surface area contributed by atoms with Gasteiger partial charge in [0.1, 0.15) is 0 Å². The molecule has 3 unspecified atom stereocenters. The fourth-order valence-electron chi connectivity index (χ4n) is 2.28. The van der Waals surface area contributed by atoms with Crippen molar-refractivity contribution < 1.29 is 0 Å². The Morgan fingerprint density at radius 1 is 1.38 bits per heavy atom. The van der Waals surface area contributed by atoms with Gasteiger partial charge in [0.15, 0.2) is 0 Å². The molecule has 0 spiro atoms. The normalized spacial score (nSPS) is 27.9. The van der Waals surface area contributed by atoms with E-state index in [0.717, 1.165) is 23.8 Å². The number of hydrogen-bond donors (Lipinski definition) is 1. The van der Waals surface area contributed by atoms with Crippen LogP contribution in [0.1, 0.15) is 33.6 Å². The van der Waals surface area contributed by atoms with Crippen molar-refractivity contribution in [3.05, 3.63) is 0 Å². The van der Waals surface area contributed by atoms with Crippen molar-refractivity contribution >= 4 is 11.8 Å². The zero-order chi connectivity index (χ0) is 12.1. The summed E-state index contributed by atoms with van der Waals surface area (Å²) in [5.41, 5.74) is 0. The van der Waals surface area contributed by atoms with E-state index in [1.54, 1.807) is 0 Å². The lowest BCUT2D eigenvalue weighted by Gasteiger charge is -2.27. The van der Waals surface area contributed by atoms with Crippen LogP contribution in [0.15, 0.2) is 0 Å². The summed E-state index contributed by atoms with van der Waals surface area (Å²) in [5.74, 6) is 2.08. The van der Waals surface area contributed by atoms with Gasteiger partial charge in [-0.25, -0.2) is 0 Å². The predicted molar refractivity (Wildman–Crippen MR) is 75.3 cm³/mol. The van der Waals surface area contributed by atoms with Gasteiger partial charge in [-0.05, 0) is 32.9 Å². The average Bonchev–Trinajstić information content (AvgIpc) is 2.58. The molecule has 0 aromatic heterocycles. The molecule has 96 valence electrons. The third-order valence-corrected chi connectivity index (χ3v) is 4.67. The van der Waals surface area contributed by atoms with Crippen LogP contribution in [0.4, 0.5) is 0 Å². The number of rotatable bonds is 6. The van der Waals surface area contributed by atoms with E-state index >= 15 is 0 Å². The summed E-state index contributed by atoms with van der Waals surface area (Å²) in [5, 5.41) is 4.58. The number of nitrogens with one attached hydrogen (secondary N) is 1. The van der Waals surface area contributed by atoms with E-state index < -0.39 is 0 Å². The summed E-state index contributed by atoms with van der Waals surface area (Å²) >= 11 is 2.10. The molecular weight excluding hydrogens is 216 g/mol. The first kappa shape index (κ1) is 14.3. The molecule has 0 radical (unpaired) electrons. The quantitative estimate of drug-likeness (QED) is 0.772. The highest BCUT2D eigenvalue weighted by atomic mass is 32.2. The third-order valence-electron chi connectivity index (χ3n) is 3.31. The van der Waals surface area contributed by atoms with Gasteiger partial charge in [0.25, 0.3) is 0 Å². The van der Waals surface area contributed by atoms with Crippen LogP contribution < -0.4 is 5.32 Å². The van der Waals surface area contributed by atoms with E-state index in [1.807, 2.05) is 0 Å². The van der Waals surface area contributed by atoms with Gasteiger partial charge < -0.3 is 10.2 Å². The maximum Gasteiger partial charge on any atom is 0.0217 e. The van der Waals surface area contributed by atoms with Crippen LogP contribution in [-0.2, 0) is 0 Å². The minimum Gasteiger partial charge on any atom is -0.312 e. The van der Waals surface area contributed by atoms with Gasteiger partial charge in [0.2, 0.25) is 0 Å². The summed E-state index contributed by atoms with van der Waals surface area (Å²) in [6.45, 7) is 8.10. The zero-order valence-corrected chi connectivity index (χ0v) is 12.3. The second-order valence-corrected chi connectivity index (χ2v) is 7.20. The highest BCUT2D eigenvalue weighted by Crippen LogP contribution is 2.25. The molecule has 0 aromatic rings. The number of likely N-dealkylation sites (N-methyl/N-ethyl adjacent to an activating group) is 1. The maximum absolute atomic E-state index is 3.74. The Morgan fingerprint density at radius 2 is 2.06 bits per heavy atom. The van der Waals surface area contributed by atoms with Crippen LogP contribution in [0.3, 0.4) is 0 Å². The fourth-order valence-corrected chi connectivity index (χ4v) is 3.47. The summed E-state index contributed by atoms with van der Waals surface area (Å²) in [6.07, 6.45) is 2.63. The molecule has 3 heteroatoms. The minimum atomic E-state index is 0.681. The lowest BCUT2D eigenvalue weighted by atomic mass is 10.0. The van der Waals surface area contributed by atoms with Crippen molar-refractivity contribution in [3.63, 3.8) is 0 Å². The van der Waals surface area contributed by atoms with Crippen LogP contribution >= 0.6 is 11.8 Å². The highest BCUT2D eigenvalue weighted by molar-refractivity contribution is 8.00. The molecule has 1 rings (SSSR count). The lowest BCUT2D eigenvalue weighted by Crippen LogP contribution is -2.42. The molecule has 1 N–H and O–H groups in total. The molecule has 1 aliphatic rings. The summed E-state index contributed by atoms with van der Waals surface area (Å²) in [6, 6.07) is 1.43. The van der Waals surface area contributed by atoms with E-state index in [-0.39, 0.29) is 0 Å². The molecule has 0 bridgehead atoms. The van der Waals surface area contributed by atoms with Crippen LogP contribution in [0, 0.1) is 5.92 Å². The molecule has 3 atom stereocenters. The first-order valence-electron chi connectivity index (χ1n) is 6.50. The van der Waals surface area contributed by atoms with Crippen molar-refractivity contribution in [2.45, 2.75) is 50.9 Å². The first-order valence-corrected chi connectivity index (χ1v) is 7.55. The Kier molecular flexibility index (Phi) is 6.16. The number of nitrogens with zero attached hydrogens (tertiary/aromatic N) is 1. The second-order valence-electron chi connectivity index (χ2n) is 5.73. The molecule has 1 aliphatic heterocycles. The molecule has 16 heavy (non-hydrogen) atoms. The van der Waals surface area contributed by atoms with Crippen molar-refractivity contribution in [2.75, 3.05) is 26.4 Å². The maximum atomic E-state index is 3.74. The largest absolute Gasteiger partial charge is 0.312 e. The van der Waals surface area contributed by atoms with Crippen molar-refractivity contribution in [1.82, 2.24) is 10.2 Å². The van der Waals surface area contributed by atoms with Crippen molar-refractivity contribution in [1.29, 1.82) is 0 Å². The van der Waals surface area contributed by atoms with E-state index in [1.165, 1.54) is 18.6 Å². The zero-order valence-electron chi connectivity index (χ0n) is 11.5. The van der Waals surface area contributed by atoms with Crippen molar-refractivity contribution in [2.24, 2.45) is 5.92 Å². The SMILES string of the molecule is CC(C)CC(CNC1CSC(C)C1)N(C)C. The van der Waals surface area contributed by atoms with Crippen LogP contribution in [-0.4, -0.2) is 48.6 Å². The molecule has 1 saturated heterocycles. The molecule has 2 nitrogen and oxygen atoms in total. The Morgan fingerprint density at radius 3 is 2.50 bits per heavy atom. The average molecular weight is 244 g/mol. The van der Waals surface area contributed by atoms with Gasteiger partial charge in [0, 0.05) is 29.6 Å². The predicted octanol–water partition coefficient (Wildman–Crippen LogP) is 2.45. The number of thioether (sulfide) groups is 1. The van der Waals surface area contributed by atoms with Crippen molar-refractivity contribution in [3.8, 4) is 0 Å². The van der Waals surface area contributed by atoms with Crippen LogP contribution in [0.25, 0.3) is 0 Å². The fraction of sp³-hybridized carbons (Fsp3) is 1.00. The Labute approximate surface area is 106 Å². The van der Waals surface area contributed by atoms with E-state index in [4.69, 9.17) is 0 Å². The van der Waals surface area contributed by atoms with Gasteiger partial charge in [-0.1, -0.05) is 20.8 Å². The third kappa shape index (κ3) is 5.07. The van der Waals surface area contributed by atoms with Gasteiger partial charge in [-0.2, -0.15) is 11.8 Å². The Hall–Kier alpha value is 0.270. The van der Waals surface area contributed by atoms with Gasteiger partial charge in [-0.3, -0.25) is 0 Å². The first-order chi connectivity index (χ1) is 7.49. The monoisotopic (exact) mass is 244 g/mol. The van der Waals surface area contributed by atoms with Gasteiger partial charge in [0.05, 0.1) is 0 Å². The molecule has 1 heterocycles. The Bertz CT molecular complexity index is 194. The smallest absolute Gasteiger partial charge is 0.0217 e. The number of hydrogen-bond acceptors (Lipinski definition) is 3. The van der Waals surface area contributed by atoms with E-state index in [0.29, 0.717) is 6.04 Å². The standard InChI is InChI=1S/C13H28N2S/c1-10(2)6-13(15(4)5)8-14-12-7-11(3)16-9-12/h10-14H,6-9H2,1-5H3. The molecular formula is C13H28N2S. The topological polar surface area (TPSA) is 15.3 Å².